The Hall–Kier alpha value is -3.45. The zero-order valence-electron chi connectivity index (χ0n) is 25.7. The highest BCUT2D eigenvalue weighted by molar-refractivity contribution is 5.79. The first-order valence-electron chi connectivity index (χ1n) is 15.6. The van der Waals surface area contributed by atoms with E-state index in [0.29, 0.717) is 73.9 Å². The number of aromatic nitrogens is 4. The number of likely N-dealkylation sites (N-methyl/N-ethyl adjacent to an activating group) is 2. The van der Waals surface area contributed by atoms with Crippen molar-refractivity contribution in [3.63, 3.8) is 0 Å². The van der Waals surface area contributed by atoms with Crippen LogP contribution in [0.2, 0.25) is 0 Å². The molecule has 3 N–H and O–H groups in total. The molecule has 0 spiro atoms. The van der Waals surface area contributed by atoms with Crippen LogP contribution in [0.25, 0.3) is 11.2 Å². The van der Waals surface area contributed by atoms with Gasteiger partial charge in [0.2, 0.25) is 17.8 Å². The number of hydrogen-bond donors (Lipinski definition) is 3. The maximum Gasteiger partial charge on any atom is 0.225 e. The Morgan fingerprint density at radius 2 is 1.68 bits per heavy atom. The first-order valence-corrected chi connectivity index (χ1v) is 15.6. The molecule has 0 saturated heterocycles. The van der Waals surface area contributed by atoms with E-state index >= 15 is 0 Å². The molecular formula is C31H43F3N8O2. The Balaban J connectivity index is 1.41. The number of hydrogen-bond acceptors (Lipinski definition) is 8. The summed E-state index contributed by atoms with van der Waals surface area (Å²) in [7, 11) is 3.97. The molecule has 2 heterocycles. The smallest absolute Gasteiger partial charge is 0.225 e. The fourth-order valence-corrected chi connectivity index (χ4v) is 6.42. The summed E-state index contributed by atoms with van der Waals surface area (Å²) < 4.78 is 44.9. The molecule has 0 radical (unpaired) electrons. The zero-order valence-corrected chi connectivity index (χ0v) is 25.7. The third-order valence-electron chi connectivity index (χ3n) is 9.04. The second-order valence-corrected chi connectivity index (χ2v) is 12.3. The van der Waals surface area contributed by atoms with Gasteiger partial charge in [-0.2, -0.15) is 4.98 Å². The highest BCUT2D eigenvalue weighted by Gasteiger charge is 2.32. The summed E-state index contributed by atoms with van der Waals surface area (Å²) >= 11 is 0. The van der Waals surface area contributed by atoms with Crippen molar-refractivity contribution in [1.82, 2.24) is 29.3 Å². The van der Waals surface area contributed by atoms with Crippen LogP contribution in [0.15, 0.2) is 18.3 Å². The van der Waals surface area contributed by atoms with Crippen LogP contribution in [0.3, 0.4) is 0 Å². The summed E-state index contributed by atoms with van der Waals surface area (Å²) in [5.41, 5.74) is 0.454. The van der Waals surface area contributed by atoms with E-state index in [9.17, 15) is 23.1 Å². The molecule has 13 heteroatoms. The summed E-state index contributed by atoms with van der Waals surface area (Å²) in [5, 5.41) is 15.7. The first kappa shape index (κ1) is 32.0. The second kappa shape index (κ2) is 14.1. The number of nitrogens with one attached hydrogen (secondary N) is 2. The van der Waals surface area contributed by atoms with Crippen LogP contribution < -0.4 is 10.6 Å². The van der Waals surface area contributed by atoms with Crippen molar-refractivity contribution in [1.29, 1.82) is 0 Å². The quantitative estimate of drug-likeness (QED) is 0.273. The average Bonchev–Trinajstić information content (AvgIpc) is 3.36. The SMILES string of the molecule is CCN(CCN(C)C)C(=O)C1CCC(n2c(Nc3c(F)cc(F)cc3F)nc3cnc(NC4CCC(CO)CC4)nc32)CC1. The van der Waals surface area contributed by atoms with Crippen LogP contribution in [-0.2, 0) is 4.79 Å². The van der Waals surface area contributed by atoms with Gasteiger partial charge in [-0.1, -0.05) is 0 Å². The number of halogens is 3. The van der Waals surface area contributed by atoms with Gasteiger partial charge < -0.3 is 25.5 Å². The fraction of sp³-hybridized carbons (Fsp3) is 0.613. The van der Waals surface area contributed by atoms with Crippen molar-refractivity contribution in [2.45, 2.75) is 70.4 Å². The standard InChI is InChI=1S/C31H43F3N8O2/c1-4-41(14-13-40(2)3)29(44)20-7-11-23(12-8-20)42-28-26(37-31(42)38-27-24(33)15-21(32)16-25(27)34)17-35-30(39-28)36-22-9-5-19(18-43)6-10-22/h15-17,19-20,22-23,43H,4-14,18H2,1-3H3,(H,37,38)(H,35,36,39). The topological polar surface area (TPSA) is 111 Å². The lowest BCUT2D eigenvalue weighted by Crippen LogP contribution is -2.41. The van der Waals surface area contributed by atoms with Gasteiger partial charge in [0, 0.05) is 56.4 Å². The number of carbonyl (C=O) groups is 1. The van der Waals surface area contributed by atoms with Crippen molar-refractivity contribution < 1.29 is 23.1 Å². The van der Waals surface area contributed by atoms with Gasteiger partial charge in [0.05, 0.1) is 6.20 Å². The van der Waals surface area contributed by atoms with Crippen LogP contribution in [-0.4, -0.2) is 86.7 Å². The number of nitrogens with zero attached hydrogens (tertiary/aromatic N) is 6. The molecule has 44 heavy (non-hydrogen) atoms. The number of amides is 1. The van der Waals surface area contributed by atoms with Gasteiger partial charge in [0.25, 0.3) is 0 Å². The average molecular weight is 617 g/mol. The molecule has 0 aliphatic heterocycles. The van der Waals surface area contributed by atoms with Crippen molar-refractivity contribution >= 4 is 34.7 Å². The number of rotatable bonds is 11. The van der Waals surface area contributed by atoms with Gasteiger partial charge in [0.1, 0.15) is 17.0 Å². The zero-order chi connectivity index (χ0) is 31.4. The van der Waals surface area contributed by atoms with Gasteiger partial charge in [-0.3, -0.25) is 9.36 Å². The minimum Gasteiger partial charge on any atom is -0.396 e. The van der Waals surface area contributed by atoms with E-state index < -0.39 is 23.1 Å². The van der Waals surface area contributed by atoms with Crippen molar-refractivity contribution in [2.75, 3.05) is 51.0 Å². The van der Waals surface area contributed by atoms with Crippen LogP contribution in [0.1, 0.15) is 64.3 Å². The molecule has 2 aliphatic carbocycles. The minimum absolute atomic E-state index is 0.104. The fourth-order valence-electron chi connectivity index (χ4n) is 6.42. The molecule has 5 rings (SSSR count). The van der Waals surface area contributed by atoms with Crippen LogP contribution in [0, 0.1) is 29.3 Å². The lowest BCUT2D eigenvalue weighted by molar-refractivity contribution is -0.136. The van der Waals surface area contributed by atoms with Gasteiger partial charge >= 0.3 is 0 Å². The number of benzene rings is 1. The van der Waals surface area contributed by atoms with Crippen molar-refractivity contribution in [3.05, 3.63) is 35.8 Å². The van der Waals surface area contributed by atoms with Crippen LogP contribution in [0.4, 0.5) is 30.8 Å². The molecule has 2 aromatic heterocycles. The molecule has 10 nitrogen and oxygen atoms in total. The molecule has 2 aliphatic rings. The summed E-state index contributed by atoms with van der Waals surface area (Å²) in [5.74, 6) is -2.18. The number of aliphatic hydroxyl groups is 1. The predicted molar refractivity (Wildman–Crippen MR) is 163 cm³/mol. The summed E-state index contributed by atoms with van der Waals surface area (Å²) in [6, 6.07) is 1.27. The Morgan fingerprint density at radius 3 is 2.30 bits per heavy atom. The number of aliphatic hydroxyl groups excluding tert-OH is 1. The largest absolute Gasteiger partial charge is 0.396 e. The Morgan fingerprint density at radius 1 is 1.00 bits per heavy atom. The molecule has 1 amide bonds. The number of fused-ring (bicyclic) bond motifs is 1. The molecule has 240 valence electrons. The third-order valence-corrected chi connectivity index (χ3v) is 9.04. The molecule has 1 aromatic carbocycles. The normalized spacial score (nSPS) is 22.4. The van der Waals surface area contributed by atoms with Gasteiger partial charge in [-0.05, 0) is 78.3 Å². The van der Waals surface area contributed by atoms with E-state index in [4.69, 9.17) is 4.98 Å². The maximum absolute atomic E-state index is 14.7. The van der Waals surface area contributed by atoms with Gasteiger partial charge in [0.15, 0.2) is 17.3 Å². The van der Waals surface area contributed by atoms with Crippen LogP contribution in [0.5, 0.6) is 0 Å². The number of carbonyl (C=O) groups excluding carboxylic acids is 1. The summed E-state index contributed by atoms with van der Waals surface area (Å²) in [6.07, 6.45) is 7.82. The molecule has 3 aromatic rings. The van der Waals surface area contributed by atoms with E-state index in [1.165, 1.54) is 0 Å². The Labute approximate surface area is 256 Å². The van der Waals surface area contributed by atoms with Crippen molar-refractivity contribution in [3.8, 4) is 0 Å². The first-order chi connectivity index (χ1) is 21.2. The van der Waals surface area contributed by atoms with E-state index in [1.54, 1.807) is 6.20 Å². The molecule has 0 atom stereocenters. The lowest BCUT2D eigenvalue weighted by Gasteiger charge is -2.33. The van der Waals surface area contributed by atoms with Crippen LogP contribution >= 0.6 is 0 Å². The highest BCUT2D eigenvalue weighted by atomic mass is 19.1. The summed E-state index contributed by atoms with van der Waals surface area (Å²) in [6.45, 7) is 4.30. The second-order valence-electron chi connectivity index (χ2n) is 12.3. The highest BCUT2D eigenvalue weighted by Crippen LogP contribution is 2.38. The summed E-state index contributed by atoms with van der Waals surface area (Å²) in [4.78, 5) is 31.2. The lowest BCUT2D eigenvalue weighted by atomic mass is 9.85. The van der Waals surface area contributed by atoms with Gasteiger partial charge in [-0.15, -0.1) is 0 Å². The van der Waals surface area contributed by atoms with E-state index in [1.807, 2.05) is 30.5 Å². The maximum atomic E-state index is 14.7. The monoisotopic (exact) mass is 616 g/mol. The van der Waals surface area contributed by atoms with Crippen molar-refractivity contribution in [2.24, 2.45) is 11.8 Å². The number of imidazole rings is 1. The van der Waals surface area contributed by atoms with Gasteiger partial charge in [-0.25, -0.2) is 23.1 Å². The molecular weight excluding hydrogens is 573 g/mol. The van der Waals surface area contributed by atoms with E-state index in [2.05, 4.69) is 25.5 Å². The molecule has 0 bridgehead atoms. The Kier molecular flexibility index (Phi) is 10.2. The Bertz CT molecular complexity index is 1410. The molecule has 2 fully saturated rings. The molecule has 2 saturated carbocycles. The molecule has 0 unspecified atom stereocenters. The van der Waals surface area contributed by atoms with E-state index in [0.717, 1.165) is 32.2 Å². The van der Waals surface area contributed by atoms with E-state index in [-0.39, 0.29) is 36.5 Å². The minimum atomic E-state index is -1.07. The third kappa shape index (κ3) is 7.26. The number of anilines is 3. The predicted octanol–water partition coefficient (Wildman–Crippen LogP) is 5.09.